The first-order valence-corrected chi connectivity index (χ1v) is 6.24. The number of nitrogens with zero attached hydrogens (tertiary/aromatic N) is 2. The number of benzene rings is 1. The van der Waals surface area contributed by atoms with E-state index in [1.54, 1.807) is 12.3 Å². The van der Waals surface area contributed by atoms with Crippen LogP contribution >= 0.6 is 0 Å². The number of hydrogen-bond acceptors (Lipinski definition) is 4. The molecule has 0 unspecified atom stereocenters. The summed E-state index contributed by atoms with van der Waals surface area (Å²) in [5, 5.41) is 0. The lowest BCUT2D eigenvalue weighted by atomic mass is 10.1. The van der Waals surface area contributed by atoms with Crippen LogP contribution in [0.1, 0.15) is 0 Å². The molecule has 1 aromatic carbocycles. The molecule has 2 rings (SSSR count). The van der Waals surface area contributed by atoms with Crippen LogP contribution in [0.25, 0.3) is 11.1 Å². The molecule has 2 aromatic rings. The molecule has 0 bridgehead atoms. The van der Waals surface area contributed by atoms with Crippen LogP contribution in [-0.2, 0) is 0 Å². The summed E-state index contributed by atoms with van der Waals surface area (Å²) in [6.07, 6.45) is 1.78. The van der Waals surface area contributed by atoms with Crippen LogP contribution in [0.15, 0.2) is 42.6 Å². The van der Waals surface area contributed by atoms with E-state index in [1.807, 2.05) is 44.4 Å². The van der Waals surface area contributed by atoms with Gasteiger partial charge in [0.05, 0.1) is 0 Å². The van der Waals surface area contributed by atoms with Crippen LogP contribution in [-0.4, -0.2) is 37.1 Å². The standard InChI is InChI=1S/C15H19N3O/c1-18(2)9-10-19-14-6-3-12(4-7-14)13-5-8-15(16)17-11-13/h3-8,11H,9-10H2,1-2H3,(H2,16,17). The average molecular weight is 257 g/mol. The van der Waals surface area contributed by atoms with E-state index in [-0.39, 0.29) is 0 Å². The minimum Gasteiger partial charge on any atom is -0.492 e. The lowest BCUT2D eigenvalue weighted by molar-refractivity contribution is 0.261. The van der Waals surface area contributed by atoms with Crippen molar-refractivity contribution < 1.29 is 4.74 Å². The Morgan fingerprint density at radius 1 is 1.05 bits per heavy atom. The number of ether oxygens (including phenoxy) is 1. The first-order chi connectivity index (χ1) is 9.15. The second kappa shape index (κ2) is 6.20. The van der Waals surface area contributed by atoms with Gasteiger partial charge in [-0.05, 0) is 43.9 Å². The predicted molar refractivity (Wildman–Crippen MR) is 78.1 cm³/mol. The molecule has 19 heavy (non-hydrogen) atoms. The Hall–Kier alpha value is -2.07. The molecule has 0 saturated carbocycles. The molecule has 0 radical (unpaired) electrons. The summed E-state index contributed by atoms with van der Waals surface area (Å²) in [4.78, 5) is 6.18. The van der Waals surface area contributed by atoms with Gasteiger partial charge in [0.1, 0.15) is 18.2 Å². The first-order valence-electron chi connectivity index (χ1n) is 6.24. The highest BCUT2D eigenvalue weighted by Gasteiger charge is 1.99. The summed E-state index contributed by atoms with van der Waals surface area (Å²) in [6.45, 7) is 1.60. The molecule has 1 heterocycles. The van der Waals surface area contributed by atoms with Gasteiger partial charge in [-0.2, -0.15) is 0 Å². The Labute approximate surface area is 113 Å². The van der Waals surface area contributed by atoms with Gasteiger partial charge in [0, 0.05) is 18.3 Å². The molecule has 4 nitrogen and oxygen atoms in total. The molecule has 0 aliphatic carbocycles. The zero-order valence-corrected chi connectivity index (χ0v) is 11.3. The van der Waals surface area contributed by atoms with Crippen molar-refractivity contribution in [3.63, 3.8) is 0 Å². The molecule has 0 saturated heterocycles. The second-order valence-electron chi connectivity index (χ2n) is 4.65. The molecule has 0 aliphatic rings. The maximum absolute atomic E-state index is 5.65. The Balaban J connectivity index is 2.00. The smallest absolute Gasteiger partial charge is 0.123 e. The van der Waals surface area contributed by atoms with Crippen LogP contribution in [0.4, 0.5) is 5.82 Å². The third-order valence-corrected chi connectivity index (χ3v) is 2.78. The molecular formula is C15H19N3O. The number of nitrogens with two attached hydrogens (primary N) is 1. The molecule has 0 atom stereocenters. The van der Waals surface area contributed by atoms with Crippen molar-refractivity contribution in [2.75, 3.05) is 33.0 Å². The molecule has 0 amide bonds. The van der Waals surface area contributed by atoms with Gasteiger partial charge in [-0.3, -0.25) is 0 Å². The fraction of sp³-hybridized carbons (Fsp3) is 0.267. The molecular weight excluding hydrogens is 238 g/mol. The van der Waals surface area contributed by atoms with Gasteiger partial charge < -0.3 is 15.4 Å². The lowest BCUT2D eigenvalue weighted by Crippen LogP contribution is -2.19. The van der Waals surface area contributed by atoms with Crippen molar-refractivity contribution >= 4 is 5.82 Å². The number of aromatic nitrogens is 1. The fourth-order valence-electron chi connectivity index (χ4n) is 1.67. The molecule has 1 aromatic heterocycles. The van der Waals surface area contributed by atoms with Crippen molar-refractivity contribution in [1.29, 1.82) is 0 Å². The van der Waals surface area contributed by atoms with Crippen molar-refractivity contribution in [2.45, 2.75) is 0 Å². The zero-order valence-electron chi connectivity index (χ0n) is 11.3. The summed E-state index contributed by atoms with van der Waals surface area (Å²) in [5.74, 6) is 1.42. The second-order valence-corrected chi connectivity index (χ2v) is 4.65. The number of hydrogen-bond donors (Lipinski definition) is 1. The van der Waals surface area contributed by atoms with Gasteiger partial charge >= 0.3 is 0 Å². The molecule has 100 valence electrons. The van der Waals surface area contributed by atoms with Crippen LogP contribution in [0.2, 0.25) is 0 Å². The van der Waals surface area contributed by atoms with Gasteiger partial charge in [-0.15, -0.1) is 0 Å². The maximum Gasteiger partial charge on any atom is 0.123 e. The monoisotopic (exact) mass is 257 g/mol. The van der Waals surface area contributed by atoms with Crippen LogP contribution in [0, 0.1) is 0 Å². The number of anilines is 1. The number of pyridine rings is 1. The Morgan fingerprint density at radius 3 is 2.32 bits per heavy atom. The molecule has 0 aliphatic heterocycles. The maximum atomic E-state index is 5.65. The minimum atomic E-state index is 0.535. The third-order valence-electron chi connectivity index (χ3n) is 2.78. The largest absolute Gasteiger partial charge is 0.492 e. The molecule has 0 fully saturated rings. The van der Waals surface area contributed by atoms with Crippen LogP contribution < -0.4 is 10.5 Å². The molecule has 2 N–H and O–H groups in total. The Kier molecular flexibility index (Phi) is 4.36. The average Bonchev–Trinajstić information content (AvgIpc) is 2.40. The molecule has 4 heteroatoms. The number of nitrogen functional groups attached to an aromatic ring is 1. The van der Waals surface area contributed by atoms with E-state index in [9.17, 15) is 0 Å². The normalized spacial score (nSPS) is 10.7. The fourth-order valence-corrected chi connectivity index (χ4v) is 1.67. The van der Waals surface area contributed by atoms with Gasteiger partial charge in [-0.25, -0.2) is 4.98 Å². The quantitative estimate of drug-likeness (QED) is 0.892. The van der Waals surface area contributed by atoms with Gasteiger partial charge in [0.25, 0.3) is 0 Å². The SMILES string of the molecule is CN(C)CCOc1ccc(-c2ccc(N)nc2)cc1. The highest BCUT2D eigenvalue weighted by atomic mass is 16.5. The minimum absolute atomic E-state index is 0.535. The highest BCUT2D eigenvalue weighted by molar-refractivity contribution is 5.64. The summed E-state index contributed by atoms with van der Waals surface area (Å²) in [7, 11) is 4.06. The van der Waals surface area contributed by atoms with Crippen molar-refractivity contribution in [1.82, 2.24) is 9.88 Å². The van der Waals surface area contributed by atoms with Crippen molar-refractivity contribution in [2.24, 2.45) is 0 Å². The van der Waals surface area contributed by atoms with Crippen LogP contribution in [0.5, 0.6) is 5.75 Å². The van der Waals surface area contributed by atoms with E-state index in [4.69, 9.17) is 10.5 Å². The first kappa shape index (κ1) is 13.4. The Bertz CT molecular complexity index is 506. The van der Waals surface area contributed by atoms with E-state index in [1.165, 1.54) is 0 Å². The van der Waals surface area contributed by atoms with E-state index >= 15 is 0 Å². The molecule has 0 spiro atoms. The van der Waals surface area contributed by atoms with E-state index in [2.05, 4.69) is 9.88 Å². The third kappa shape index (κ3) is 3.96. The summed E-state index contributed by atoms with van der Waals surface area (Å²) in [6, 6.07) is 11.8. The van der Waals surface area contributed by atoms with E-state index < -0.39 is 0 Å². The topological polar surface area (TPSA) is 51.4 Å². The summed E-state index contributed by atoms with van der Waals surface area (Å²) >= 11 is 0. The van der Waals surface area contributed by atoms with Gasteiger partial charge in [0.15, 0.2) is 0 Å². The van der Waals surface area contributed by atoms with Crippen molar-refractivity contribution in [3.05, 3.63) is 42.6 Å². The van der Waals surface area contributed by atoms with Crippen molar-refractivity contribution in [3.8, 4) is 16.9 Å². The number of rotatable bonds is 5. The van der Waals surface area contributed by atoms with E-state index in [0.29, 0.717) is 12.4 Å². The van der Waals surface area contributed by atoms with Crippen LogP contribution in [0.3, 0.4) is 0 Å². The van der Waals surface area contributed by atoms with Gasteiger partial charge in [0.2, 0.25) is 0 Å². The highest BCUT2D eigenvalue weighted by Crippen LogP contribution is 2.22. The Morgan fingerprint density at radius 2 is 1.74 bits per heavy atom. The van der Waals surface area contributed by atoms with Gasteiger partial charge in [-0.1, -0.05) is 12.1 Å². The predicted octanol–water partition coefficient (Wildman–Crippen LogP) is 2.27. The lowest BCUT2D eigenvalue weighted by Gasteiger charge is -2.11. The van der Waals surface area contributed by atoms with E-state index in [0.717, 1.165) is 23.4 Å². The zero-order chi connectivity index (χ0) is 13.7. The summed E-state index contributed by atoms with van der Waals surface area (Å²) < 4.78 is 5.65. The summed E-state index contributed by atoms with van der Waals surface area (Å²) in [5.41, 5.74) is 7.73. The number of likely N-dealkylation sites (N-methyl/N-ethyl adjacent to an activating group) is 1.